The van der Waals surface area contributed by atoms with E-state index < -0.39 is 0 Å². The molecule has 21 heavy (non-hydrogen) atoms. The zero-order valence-electron chi connectivity index (χ0n) is 12.5. The van der Waals surface area contributed by atoms with E-state index in [2.05, 4.69) is 58.0 Å². The van der Waals surface area contributed by atoms with Gasteiger partial charge in [0.1, 0.15) is 11.5 Å². The first kappa shape index (κ1) is 16.2. The number of hydrogen-bond donors (Lipinski definition) is 1. The zero-order valence-corrected chi connectivity index (χ0v) is 14.6. The summed E-state index contributed by atoms with van der Waals surface area (Å²) in [5, 5.41) is 2.94. The Morgan fingerprint density at radius 3 is 2.90 bits per heavy atom. The van der Waals surface area contributed by atoms with Crippen LogP contribution in [0.1, 0.15) is 29.9 Å². The maximum absolute atomic E-state index is 12.2. The second-order valence-corrected chi connectivity index (χ2v) is 6.00. The Balaban J connectivity index is 1.97. The van der Waals surface area contributed by atoms with Gasteiger partial charge in [-0.2, -0.15) is 0 Å². The molecule has 1 aromatic rings. The van der Waals surface area contributed by atoms with Crippen molar-refractivity contribution in [3.8, 4) is 0 Å². The van der Waals surface area contributed by atoms with E-state index in [0.717, 1.165) is 37.6 Å². The van der Waals surface area contributed by atoms with Crippen LogP contribution >= 0.6 is 22.9 Å². The summed E-state index contributed by atoms with van der Waals surface area (Å²) in [5.74, 6) is 0.749. The number of halogens is 1. The van der Waals surface area contributed by atoms with Gasteiger partial charge in [-0.25, -0.2) is 4.98 Å². The van der Waals surface area contributed by atoms with Crippen LogP contribution in [0.5, 0.6) is 0 Å². The Morgan fingerprint density at radius 1 is 1.43 bits per heavy atom. The Bertz CT molecular complexity index is 528. The van der Waals surface area contributed by atoms with Gasteiger partial charge in [-0.15, -0.1) is 0 Å². The molecule has 0 bridgehead atoms. The predicted octanol–water partition coefficient (Wildman–Crippen LogP) is 2.34. The third-order valence-corrected chi connectivity index (χ3v) is 4.39. The fourth-order valence-electron chi connectivity index (χ4n) is 2.23. The lowest BCUT2D eigenvalue weighted by atomic mass is 10.1. The van der Waals surface area contributed by atoms with Crippen LogP contribution in [0.2, 0.25) is 0 Å². The molecule has 0 atom stereocenters. The van der Waals surface area contributed by atoms with Gasteiger partial charge in [0.05, 0.1) is 22.9 Å². The predicted molar refractivity (Wildman–Crippen MR) is 94.8 cm³/mol. The molecule has 5 nitrogen and oxygen atoms in total. The van der Waals surface area contributed by atoms with Crippen molar-refractivity contribution in [2.75, 3.05) is 35.8 Å². The fourth-order valence-corrected chi connectivity index (χ4v) is 2.84. The van der Waals surface area contributed by atoms with Gasteiger partial charge in [0.25, 0.3) is 5.91 Å². The normalized spacial score (nSPS) is 13.4. The molecule has 0 aromatic carbocycles. The molecule has 6 heteroatoms. The van der Waals surface area contributed by atoms with Crippen LogP contribution in [0.3, 0.4) is 0 Å². The fraction of sp³-hybridized carbons (Fsp3) is 0.467. The third-order valence-electron chi connectivity index (χ3n) is 3.54. The molecule has 0 saturated heterocycles. The van der Waals surface area contributed by atoms with E-state index >= 15 is 0 Å². The van der Waals surface area contributed by atoms with Gasteiger partial charge in [0, 0.05) is 25.2 Å². The quantitative estimate of drug-likeness (QED) is 0.589. The van der Waals surface area contributed by atoms with Crippen molar-refractivity contribution < 1.29 is 4.79 Å². The number of nitrogens with zero attached hydrogens (tertiary/aromatic N) is 3. The largest absolute Gasteiger partial charge is 0.349 e. The number of rotatable bonds is 6. The topological polar surface area (TPSA) is 48.5 Å². The van der Waals surface area contributed by atoms with Gasteiger partial charge >= 0.3 is 0 Å². The van der Waals surface area contributed by atoms with Crippen LogP contribution in [0.25, 0.3) is 6.08 Å². The number of pyridine rings is 1. The summed E-state index contributed by atoms with van der Waals surface area (Å²) >= 11 is 2.22. The van der Waals surface area contributed by atoms with E-state index in [1.807, 2.05) is 15.3 Å². The van der Waals surface area contributed by atoms with Crippen molar-refractivity contribution in [1.29, 1.82) is 0 Å². The molecule has 1 N–H and O–H groups in total. The summed E-state index contributed by atoms with van der Waals surface area (Å²) in [6, 6.07) is 3.73. The first-order valence-corrected chi connectivity index (χ1v) is 8.23. The highest BCUT2D eigenvalue weighted by atomic mass is 127. The van der Waals surface area contributed by atoms with E-state index in [9.17, 15) is 4.79 Å². The molecule has 2 rings (SSSR count). The lowest BCUT2D eigenvalue weighted by Gasteiger charge is -2.20. The average molecular weight is 400 g/mol. The summed E-state index contributed by atoms with van der Waals surface area (Å²) in [6.07, 6.45) is 4.12. The maximum atomic E-state index is 12.2. The molecule has 1 aromatic heterocycles. The molecule has 2 heterocycles. The van der Waals surface area contributed by atoms with Crippen molar-refractivity contribution >= 4 is 40.7 Å². The van der Waals surface area contributed by atoms with Gasteiger partial charge in [-0.1, -0.05) is 26.0 Å². The van der Waals surface area contributed by atoms with Crippen LogP contribution in [-0.2, 0) is 0 Å². The van der Waals surface area contributed by atoms with Gasteiger partial charge in [0.15, 0.2) is 0 Å². The number of anilines is 1. The first-order chi connectivity index (χ1) is 10.2. The highest BCUT2D eigenvalue weighted by molar-refractivity contribution is 14.1. The Morgan fingerprint density at radius 2 is 2.19 bits per heavy atom. The lowest BCUT2D eigenvalue weighted by Crippen LogP contribution is -2.35. The van der Waals surface area contributed by atoms with E-state index in [-0.39, 0.29) is 5.91 Å². The van der Waals surface area contributed by atoms with Gasteiger partial charge in [-0.3, -0.25) is 7.91 Å². The smallest absolute Gasteiger partial charge is 0.270 e. The molecule has 1 aliphatic heterocycles. The second kappa shape index (κ2) is 7.74. The number of fused-ring (bicyclic) bond motifs is 1. The summed E-state index contributed by atoms with van der Waals surface area (Å²) in [7, 11) is 0. The number of amides is 1. The highest BCUT2D eigenvalue weighted by Gasteiger charge is 2.15. The Hall–Kier alpha value is -1.15. The minimum absolute atomic E-state index is 0.107. The summed E-state index contributed by atoms with van der Waals surface area (Å²) in [5.41, 5.74) is 1.53. The third kappa shape index (κ3) is 4.16. The molecular weight excluding hydrogens is 379 g/mol. The van der Waals surface area contributed by atoms with Crippen LogP contribution in [0.4, 0.5) is 5.82 Å². The zero-order chi connectivity index (χ0) is 15.2. The number of likely N-dealkylation sites (N-methyl/N-ethyl adjacent to an activating group) is 1. The maximum Gasteiger partial charge on any atom is 0.270 e. The summed E-state index contributed by atoms with van der Waals surface area (Å²) < 4.78 is 2.01. The second-order valence-electron chi connectivity index (χ2n) is 4.84. The minimum Gasteiger partial charge on any atom is -0.349 e. The number of hydrogen-bond acceptors (Lipinski definition) is 4. The van der Waals surface area contributed by atoms with Crippen LogP contribution in [0.15, 0.2) is 18.2 Å². The lowest BCUT2D eigenvalue weighted by molar-refractivity contribution is 0.0944. The van der Waals surface area contributed by atoms with E-state index in [0.29, 0.717) is 12.2 Å². The first-order valence-electron chi connectivity index (χ1n) is 7.27. The molecule has 0 radical (unpaired) electrons. The summed E-state index contributed by atoms with van der Waals surface area (Å²) in [6.45, 7) is 8.57. The molecule has 0 saturated carbocycles. The van der Waals surface area contributed by atoms with Gasteiger partial charge in [-0.05, 0) is 25.2 Å². The van der Waals surface area contributed by atoms with E-state index in [4.69, 9.17) is 0 Å². The van der Waals surface area contributed by atoms with Crippen molar-refractivity contribution in [3.05, 3.63) is 29.5 Å². The van der Waals surface area contributed by atoms with Crippen molar-refractivity contribution in [1.82, 2.24) is 15.2 Å². The number of carbonyl (C=O) groups is 1. The van der Waals surface area contributed by atoms with Gasteiger partial charge < -0.3 is 10.2 Å². The van der Waals surface area contributed by atoms with Crippen LogP contribution in [0, 0.1) is 0 Å². The SMILES string of the molecule is CCN(CC)CCNC(=O)c1ccc2c(n1)N(I)CC=C2. The van der Waals surface area contributed by atoms with Crippen molar-refractivity contribution in [2.45, 2.75) is 13.8 Å². The van der Waals surface area contributed by atoms with Crippen molar-refractivity contribution in [2.24, 2.45) is 0 Å². The molecule has 1 amide bonds. The minimum atomic E-state index is -0.107. The molecule has 0 spiro atoms. The molecule has 1 aliphatic rings. The standard InChI is InChI=1S/C15H21IN4O/c1-3-19(4-2)11-9-17-15(21)13-8-7-12-6-5-10-20(16)14(12)18-13/h5-8H,3-4,9-11H2,1-2H3,(H,17,21). The molecule has 114 valence electrons. The molecule has 0 fully saturated rings. The Labute approximate surface area is 139 Å². The average Bonchev–Trinajstić information content (AvgIpc) is 2.51. The molecule has 0 unspecified atom stereocenters. The van der Waals surface area contributed by atoms with Crippen LogP contribution in [-0.4, -0.2) is 48.5 Å². The van der Waals surface area contributed by atoms with Crippen molar-refractivity contribution in [3.63, 3.8) is 0 Å². The Kier molecular flexibility index (Phi) is 5.98. The van der Waals surface area contributed by atoms with Crippen LogP contribution < -0.4 is 8.43 Å². The summed E-state index contributed by atoms with van der Waals surface area (Å²) in [4.78, 5) is 18.9. The van der Waals surface area contributed by atoms with Gasteiger partial charge in [0.2, 0.25) is 0 Å². The number of carbonyl (C=O) groups excluding carboxylic acids is 1. The van der Waals surface area contributed by atoms with E-state index in [1.54, 1.807) is 6.07 Å². The number of aromatic nitrogens is 1. The highest BCUT2D eigenvalue weighted by Crippen LogP contribution is 2.26. The van der Waals surface area contributed by atoms with E-state index in [1.165, 1.54) is 0 Å². The molecule has 0 aliphatic carbocycles. The number of nitrogens with one attached hydrogen (secondary N) is 1. The molecular formula is C15H21IN4O. The monoisotopic (exact) mass is 400 g/mol.